The fourth-order valence-corrected chi connectivity index (χ4v) is 9.00. The highest BCUT2D eigenvalue weighted by Crippen LogP contribution is 2.43. The van der Waals surface area contributed by atoms with Crippen LogP contribution in [0, 0.1) is 0 Å². The molecule has 12 aromatic rings. The fourth-order valence-electron chi connectivity index (χ4n) is 9.00. The molecule has 0 N–H and O–H groups in total. The second-order valence-corrected chi connectivity index (χ2v) is 14.5. The summed E-state index contributed by atoms with van der Waals surface area (Å²) in [5, 5.41) is 9.58. The predicted molar refractivity (Wildman–Crippen MR) is 231 cm³/mol. The first kappa shape index (κ1) is 30.1. The summed E-state index contributed by atoms with van der Waals surface area (Å²) in [5.74, 6) is 0. The summed E-state index contributed by atoms with van der Waals surface area (Å²) in [7, 11) is 0. The van der Waals surface area contributed by atoms with Gasteiger partial charge in [-0.1, -0.05) is 133 Å². The number of fused-ring (bicyclic) bond motifs is 11. The number of furan rings is 1. The van der Waals surface area contributed by atoms with Crippen LogP contribution in [0.2, 0.25) is 0 Å². The van der Waals surface area contributed by atoms with Gasteiger partial charge in [0, 0.05) is 43.4 Å². The first-order chi connectivity index (χ1) is 27.3. The lowest BCUT2D eigenvalue weighted by molar-refractivity contribution is 0.671. The number of nitrogens with zero attached hydrogens (tertiary/aromatic N) is 2. The van der Waals surface area contributed by atoms with E-state index in [-0.39, 0.29) is 0 Å². The third-order valence-electron chi connectivity index (χ3n) is 11.5. The van der Waals surface area contributed by atoms with Gasteiger partial charge in [0.15, 0.2) is 5.58 Å². The molecule has 3 nitrogen and oxygen atoms in total. The van der Waals surface area contributed by atoms with E-state index in [1.54, 1.807) is 0 Å². The van der Waals surface area contributed by atoms with Crippen molar-refractivity contribution in [2.24, 2.45) is 0 Å². The lowest BCUT2D eigenvalue weighted by Crippen LogP contribution is -1.95. The first-order valence-electron chi connectivity index (χ1n) is 18.8. The van der Waals surface area contributed by atoms with Crippen LogP contribution in [0.25, 0.3) is 110 Å². The van der Waals surface area contributed by atoms with Gasteiger partial charge in [0.2, 0.25) is 0 Å². The molecule has 55 heavy (non-hydrogen) atoms. The Labute approximate surface area is 316 Å². The van der Waals surface area contributed by atoms with Gasteiger partial charge >= 0.3 is 0 Å². The van der Waals surface area contributed by atoms with Gasteiger partial charge in [-0.3, -0.25) is 0 Å². The molecule has 9 aromatic carbocycles. The van der Waals surface area contributed by atoms with E-state index in [9.17, 15) is 0 Å². The van der Waals surface area contributed by atoms with Gasteiger partial charge in [0.25, 0.3) is 0 Å². The van der Waals surface area contributed by atoms with Crippen molar-refractivity contribution in [1.82, 2.24) is 9.13 Å². The molecule has 3 aromatic heterocycles. The number of para-hydroxylation sites is 2. The number of hydrogen-bond acceptors (Lipinski definition) is 1. The van der Waals surface area contributed by atoms with Gasteiger partial charge in [0.1, 0.15) is 5.58 Å². The molecular formula is C52H32N2O. The van der Waals surface area contributed by atoms with E-state index >= 15 is 0 Å². The summed E-state index contributed by atoms with van der Waals surface area (Å²) in [6, 6.07) is 70.2. The third-order valence-corrected chi connectivity index (χ3v) is 11.5. The van der Waals surface area contributed by atoms with Gasteiger partial charge in [-0.25, -0.2) is 0 Å². The molecule has 0 aliphatic heterocycles. The molecule has 0 bridgehead atoms. The second-order valence-electron chi connectivity index (χ2n) is 14.5. The van der Waals surface area contributed by atoms with Crippen LogP contribution in [-0.4, -0.2) is 9.13 Å². The Kier molecular flexibility index (Phi) is 6.34. The zero-order chi connectivity index (χ0) is 36.0. The minimum atomic E-state index is 0.900. The zero-order valence-corrected chi connectivity index (χ0v) is 29.8. The minimum absolute atomic E-state index is 0.900. The van der Waals surface area contributed by atoms with E-state index < -0.39 is 0 Å². The van der Waals surface area contributed by atoms with E-state index in [1.807, 2.05) is 6.07 Å². The number of benzene rings is 9. The van der Waals surface area contributed by atoms with Crippen LogP contribution in [0.1, 0.15) is 0 Å². The quantitative estimate of drug-likeness (QED) is 0.179. The van der Waals surface area contributed by atoms with E-state index in [2.05, 4.69) is 197 Å². The summed E-state index contributed by atoms with van der Waals surface area (Å²) in [6.07, 6.45) is 0. The second kappa shape index (κ2) is 11.6. The number of hydrogen-bond donors (Lipinski definition) is 0. The summed E-state index contributed by atoms with van der Waals surface area (Å²) >= 11 is 0. The van der Waals surface area contributed by atoms with Gasteiger partial charge in [-0.05, 0) is 88.3 Å². The van der Waals surface area contributed by atoms with Crippen molar-refractivity contribution < 1.29 is 4.42 Å². The molecule has 0 fully saturated rings. The van der Waals surface area contributed by atoms with Crippen LogP contribution in [-0.2, 0) is 0 Å². The van der Waals surface area contributed by atoms with Gasteiger partial charge in [-0.2, -0.15) is 0 Å². The molecular weight excluding hydrogens is 669 g/mol. The zero-order valence-electron chi connectivity index (χ0n) is 29.8. The Bertz CT molecular complexity index is 3480. The van der Waals surface area contributed by atoms with Crippen molar-refractivity contribution in [1.29, 1.82) is 0 Å². The highest BCUT2D eigenvalue weighted by Gasteiger charge is 2.21. The molecule has 0 amide bonds. The van der Waals surface area contributed by atoms with E-state index in [0.29, 0.717) is 0 Å². The largest absolute Gasteiger partial charge is 0.454 e. The molecule has 12 rings (SSSR count). The van der Waals surface area contributed by atoms with Crippen molar-refractivity contribution in [2.45, 2.75) is 0 Å². The molecule has 0 spiro atoms. The van der Waals surface area contributed by atoms with Gasteiger partial charge < -0.3 is 13.6 Å². The number of rotatable bonds is 4. The van der Waals surface area contributed by atoms with Crippen molar-refractivity contribution in [3.05, 3.63) is 194 Å². The van der Waals surface area contributed by atoms with E-state index in [0.717, 1.165) is 38.7 Å². The highest BCUT2D eigenvalue weighted by atomic mass is 16.3. The lowest BCUT2D eigenvalue weighted by atomic mass is 10.0. The molecule has 0 aliphatic carbocycles. The maximum atomic E-state index is 6.72. The SMILES string of the molecule is c1ccc(-c2cccc(-n3c4ccc(-c5ccc6c(c5)c5ccccc5n6-c5cccc6ccccc56)cc4c4ccc5c6ccccc6oc5c43)c2)cc1. The van der Waals surface area contributed by atoms with E-state index in [1.165, 1.54) is 71.3 Å². The topological polar surface area (TPSA) is 23.0 Å². The summed E-state index contributed by atoms with van der Waals surface area (Å²) in [4.78, 5) is 0. The Morgan fingerprint density at radius 2 is 0.927 bits per heavy atom. The Morgan fingerprint density at radius 3 is 1.78 bits per heavy atom. The fraction of sp³-hybridized carbons (Fsp3) is 0. The van der Waals surface area contributed by atoms with Crippen LogP contribution in [0.15, 0.2) is 199 Å². The lowest BCUT2D eigenvalue weighted by Gasteiger charge is -2.12. The summed E-state index contributed by atoms with van der Waals surface area (Å²) in [5.41, 5.74) is 13.5. The van der Waals surface area contributed by atoms with Crippen LogP contribution < -0.4 is 0 Å². The van der Waals surface area contributed by atoms with Gasteiger partial charge in [-0.15, -0.1) is 0 Å². The predicted octanol–water partition coefficient (Wildman–Crippen LogP) is 14.3. The first-order valence-corrected chi connectivity index (χ1v) is 18.8. The normalized spacial score (nSPS) is 12.0. The van der Waals surface area contributed by atoms with Crippen LogP contribution in [0.5, 0.6) is 0 Å². The molecule has 0 unspecified atom stereocenters. The molecule has 0 aliphatic rings. The smallest absolute Gasteiger partial charge is 0.160 e. The Morgan fingerprint density at radius 1 is 0.327 bits per heavy atom. The monoisotopic (exact) mass is 700 g/mol. The van der Waals surface area contributed by atoms with Crippen LogP contribution in [0.4, 0.5) is 0 Å². The Balaban J connectivity index is 1.10. The third kappa shape index (κ3) is 4.44. The number of aromatic nitrogens is 2. The molecule has 3 heterocycles. The maximum Gasteiger partial charge on any atom is 0.160 e. The molecule has 0 radical (unpaired) electrons. The molecule has 0 atom stereocenters. The molecule has 256 valence electrons. The Hall–Kier alpha value is -7.36. The summed E-state index contributed by atoms with van der Waals surface area (Å²) < 4.78 is 11.5. The van der Waals surface area contributed by atoms with Crippen molar-refractivity contribution in [2.75, 3.05) is 0 Å². The van der Waals surface area contributed by atoms with Crippen LogP contribution >= 0.6 is 0 Å². The molecule has 3 heteroatoms. The minimum Gasteiger partial charge on any atom is -0.454 e. The average Bonchev–Trinajstić information content (AvgIpc) is 3.91. The average molecular weight is 701 g/mol. The molecule has 0 saturated heterocycles. The standard InChI is InChI=1S/C52H32N2O/c1-2-12-33(13-3-1)35-16-10-17-38(30-35)53-48-28-24-37(32-45(48)42-26-27-43-41-20-7-9-23-50(41)55-52(43)51(42)53)36-25-29-49-44(31-36)40-19-6-8-21-47(40)54(49)46-22-11-15-34-14-4-5-18-39(34)46/h1-32H. The van der Waals surface area contributed by atoms with Crippen LogP contribution in [0.3, 0.4) is 0 Å². The van der Waals surface area contributed by atoms with Crippen molar-refractivity contribution in [3.8, 4) is 33.6 Å². The van der Waals surface area contributed by atoms with Gasteiger partial charge in [0.05, 0.1) is 27.8 Å². The van der Waals surface area contributed by atoms with Crippen molar-refractivity contribution in [3.63, 3.8) is 0 Å². The highest BCUT2D eigenvalue weighted by molar-refractivity contribution is 6.22. The summed E-state index contributed by atoms with van der Waals surface area (Å²) in [6.45, 7) is 0. The van der Waals surface area contributed by atoms with Crippen molar-refractivity contribution >= 4 is 76.3 Å². The van der Waals surface area contributed by atoms with E-state index in [4.69, 9.17) is 4.42 Å². The maximum absolute atomic E-state index is 6.72. The molecule has 0 saturated carbocycles.